The number of hydrogen-bond donors (Lipinski definition) is 0. The van der Waals surface area contributed by atoms with Crippen LogP contribution in [0, 0.1) is 6.92 Å². The molecule has 9 nitrogen and oxygen atoms in total. The molecule has 0 saturated carbocycles. The highest BCUT2D eigenvalue weighted by atomic mass is 35.5. The SMILES string of the molecule is Cc1cn2c3c(=O)n(C)c(=O)n(C)c3nc2n1CCCN1CCN(c2ccccc2)CC1.Cl. The summed E-state index contributed by atoms with van der Waals surface area (Å²) >= 11 is 0. The number of piperazine rings is 1. The first-order valence-corrected chi connectivity index (χ1v) is 11.1. The highest BCUT2D eigenvalue weighted by molar-refractivity contribution is 5.85. The van der Waals surface area contributed by atoms with E-state index >= 15 is 0 Å². The van der Waals surface area contributed by atoms with E-state index in [2.05, 4.69) is 49.7 Å². The molecule has 176 valence electrons. The fourth-order valence-electron chi connectivity index (χ4n) is 4.73. The number of para-hydroxylation sites is 1. The van der Waals surface area contributed by atoms with Crippen molar-refractivity contribution in [3.05, 3.63) is 63.1 Å². The maximum absolute atomic E-state index is 12.7. The van der Waals surface area contributed by atoms with Crippen molar-refractivity contribution in [1.82, 2.24) is 28.0 Å². The summed E-state index contributed by atoms with van der Waals surface area (Å²) in [6.07, 6.45) is 2.94. The molecule has 0 radical (unpaired) electrons. The molecule has 1 saturated heterocycles. The van der Waals surface area contributed by atoms with Crippen molar-refractivity contribution >= 4 is 35.0 Å². The predicted octanol–water partition coefficient (Wildman–Crippen LogP) is 1.63. The summed E-state index contributed by atoms with van der Waals surface area (Å²) in [6.45, 7) is 8.07. The Morgan fingerprint density at radius 1 is 0.939 bits per heavy atom. The Morgan fingerprint density at radius 2 is 1.64 bits per heavy atom. The predicted molar refractivity (Wildman–Crippen MR) is 133 cm³/mol. The van der Waals surface area contributed by atoms with E-state index in [1.165, 1.54) is 17.3 Å². The zero-order valence-electron chi connectivity index (χ0n) is 19.3. The molecule has 3 aromatic heterocycles. The van der Waals surface area contributed by atoms with Gasteiger partial charge in [0.05, 0.1) is 0 Å². The number of nitrogens with zero attached hydrogens (tertiary/aromatic N) is 7. The lowest BCUT2D eigenvalue weighted by atomic mass is 10.2. The smallest absolute Gasteiger partial charge is 0.332 e. The second-order valence-electron chi connectivity index (χ2n) is 8.60. The number of anilines is 1. The minimum atomic E-state index is -0.360. The molecule has 0 spiro atoms. The Balaban J connectivity index is 0.00000259. The molecule has 1 fully saturated rings. The maximum Gasteiger partial charge on any atom is 0.332 e. The minimum Gasteiger partial charge on any atom is -0.369 e. The van der Waals surface area contributed by atoms with E-state index in [-0.39, 0.29) is 23.7 Å². The number of aromatic nitrogens is 5. The first-order valence-electron chi connectivity index (χ1n) is 11.1. The van der Waals surface area contributed by atoms with Crippen molar-refractivity contribution in [2.24, 2.45) is 14.1 Å². The molecular formula is C23H30ClN7O2. The molecule has 10 heteroatoms. The molecule has 1 aliphatic heterocycles. The molecule has 4 heterocycles. The molecular weight excluding hydrogens is 442 g/mol. The number of hydrogen-bond acceptors (Lipinski definition) is 5. The zero-order valence-corrected chi connectivity index (χ0v) is 20.1. The van der Waals surface area contributed by atoms with Gasteiger partial charge in [-0.25, -0.2) is 4.79 Å². The van der Waals surface area contributed by atoms with Crippen molar-refractivity contribution in [1.29, 1.82) is 0 Å². The van der Waals surface area contributed by atoms with Gasteiger partial charge in [-0.2, -0.15) is 4.98 Å². The van der Waals surface area contributed by atoms with E-state index in [0.29, 0.717) is 16.9 Å². The van der Waals surface area contributed by atoms with Crippen LogP contribution in [0.2, 0.25) is 0 Å². The van der Waals surface area contributed by atoms with E-state index in [4.69, 9.17) is 0 Å². The van der Waals surface area contributed by atoms with Gasteiger partial charge in [0.25, 0.3) is 5.56 Å². The van der Waals surface area contributed by atoms with E-state index in [9.17, 15) is 9.59 Å². The third-order valence-corrected chi connectivity index (χ3v) is 6.61. The average Bonchev–Trinajstić information content (AvgIpc) is 3.33. The molecule has 0 N–H and O–H groups in total. The molecule has 4 aromatic rings. The Hall–Kier alpha value is -3.04. The summed E-state index contributed by atoms with van der Waals surface area (Å²) in [5.74, 6) is 0.713. The number of benzene rings is 1. The first-order chi connectivity index (χ1) is 15.5. The second-order valence-corrected chi connectivity index (χ2v) is 8.60. The van der Waals surface area contributed by atoms with Crippen LogP contribution in [-0.2, 0) is 20.6 Å². The van der Waals surface area contributed by atoms with Crippen LogP contribution in [0.15, 0.2) is 46.1 Å². The van der Waals surface area contributed by atoms with Crippen molar-refractivity contribution in [3.63, 3.8) is 0 Å². The summed E-state index contributed by atoms with van der Waals surface area (Å²) in [5, 5.41) is 0. The van der Waals surface area contributed by atoms with Gasteiger partial charge in [0.2, 0.25) is 5.78 Å². The number of aryl methyl sites for hydroxylation is 3. The first kappa shape index (κ1) is 23.1. The normalized spacial score (nSPS) is 14.8. The van der Waals surface area contributed by atoms with Crippen LogP contribution in [0.3, 0.4) is 0 Å². The molecule has 0 aliphatic carbocycles. The topological polar surface area (TPSA) is 72.7 Å². The van der Waals surface area contributed by atoms with Gasteiger partial charge in [0.15, 0.2) is 11.2 Å². The lowest BCUT2D eigenvalue weighted by Gasteiger charge is -2.36. The van der Waals surface area contributed by atoms with Gasteiger partial charge in [0, 0.05) is 64.4 Å². The molecule has 0 amide bonds. The molecule has 33 heavy (non-hydrogen) atoms. The largest absolute Gasteiger partial charge is 0.369 e. The van der Waals surface area contributed by atoms with Gasteiger partial charge < -0.3 is 9.47 Å². The monoisotopic (exact) mass is 471 g/mol. The standard InChI is InChI=1S/C23H29N7O2.ClH/c1-17-16-30-19-20(25(2)23(32)26(3)21(19)31)24-22(30)29(17)11-7-10-27-12-14-28(15-13-27)18-8-5-4-6-9-18;/h4-6,8-9,16H,7,10-15H2,1-3H3;1H. The van der Waals surface area contributed by atoms with E-state index < -0.39 is 0 Å². The lowest BCUT2D eigenvalue weighted by Crippen LogP contribution is -2.46. The van der Waals surface area contributed by atoms with Crippen LogP contribution < -0.4 is 16.1 Å². The summed E-state index contributed by atoms with van der Waals surface area (Å²) in [5.41, 5.74) is 2.55. The molecule has 1 aromatic carbocycles. The Bertz CT molecular complexity index is 1390. The quantitative estimate of drug-likeness (QED) is 0.442. The van der Waals surface area contributed by atoms with Crippen molar-refractivity contribution in [2.75, 3.05) is 37.6 Å². The van der Waals surface area contributed by atoms with Crippen LogP contribution in [-0.4, -0.2) is 60.7 Å². The second kappa shape index (κ2) is 9.07. The van der Waals surface area contributed by atoms with Gasteiger partial charge in [-0.05, 0) is 32.0 Å². The number of rotatable bonds is 5. The number of halogens is 1. The molecule has 0 atom stereocenters. The molecule has 0 bridgehead atoms. The fraction of sp³-hybridized carbons (Fsp3) is 0.435. The third-order valence-electron chi connectivity index (χ3n) is 6.61. The zero-order chi connectivity index (χ0) is 22.4. The summed E-state index contributed by atoms with van der Waals surface area (Å²) < 4.78 is 6.54. The van der Waals surface area contributed by atoms with Gasteiger partial charge >= 0.3 is 5.69 Å². The Kier molecular flexibility index (Phi) is 6.36. The summed E-state index contributed by atoms with van der Waals surface area (Å²) in [4.78, 5) is 34.6. The minimum absolute atomic E-state index is 0. The number of fused-ring (bicyclic) bond motifs is 3. The highest BCUT2D eigenvalue weighted by Gasteiger charge is 2.20. The van der Waals surface area contributed by atoms with Gasteiger partial charge in [-0.1, -0.05) is 18.2 Å². The van der Waals surface area contributed by atoms with Crippen LogP contribution in [0.1, 0.15) is 12.1 Å². The maximum atomic E-state index is 12.7. The van der Waals surface area contributed by atoms with Gasteiger partial charge in [0.1, 0.15) is 0 Å². The Morgan fingerprint density at radius 3 is 2.33 bits per heavy atom. The van der Waals surface area contributed by atoms with Crippen molar-refractivity contribution in [2.45, 2.75) is 19.9 Å². The van der Waals surface area contributed by atoms with Crippen LogP contribution >= 0.6 is 12.4 Å². The third kappa shape index (κ3) is 3.95. The van der Waals surface area contributed by atoms with Gasteiger partial charge in [-0.3, -0.25) is 23.2 Å². The molecule has 1 aliphatic rings. The van der Waals surface area contributed by atoms with Crippen LogP contribution in [0.4, 0.5) is 5.69 Å². The lowest BCUT2D eigenvalue weighted by molar-refractivity contribution is 0.250. The van der Waals surface area contributed by atoms with Gasteiger partial charge in [-0.15, -0.1) is 12.4 Å². The fourth-order valence-corrected chi connectivity index (χ4v) is 4.73. The van der Waals surface area contributed by atoms with Crippen LogP contribution in [0.25, 0.3) is 16.9 Å². The van der Waals surface area contributed by atoms with E-state index in [0.717, 1.165) is 56.0 Å². The average molecular weight is 472 g/mol. The molecule has 5 rings (SSSR count). The Labute approximate surface area is 197 Å². The molecule has 0 unspecified atom stereocenters. The van der Waals surface area contributed by atoms with Crippen molar-refractivity contribution < 1.29 is 0 Å². The van der Waals surface area contributed by atoms with Crippen molar-refractivity contribution in [3.8, 4) is 0 Å². The summed E-state index contributed by atoms with van der Waals surface area (Å²) in [6, 6.07) is 10.6. The van der Waals surface area contributed by atoms with E-state index in [1.807, 2.05) is 17.5 Å². The van der Waals surface area contributed by atoms with Crippen LogP contribution in [0.5, 0.6) is 0 Å². The number of imidazole rings is 2. The highest BCUT2D eigenvalue weighted by Crippen LogP contribution is 2.18. The summed E-state index contributed by atoms with van der Waals surface area (Å²) in [7, 11) is 3.16. The van der Waals surface area contributed by atoms with E-state index in [1.54, 1.807) is 7.05 Å².